The van der Waals surface area contributed by atoms with Crippen LogP contribution in [0, 0.1) is 23.7 Å². The molecular formula is C16H32N2O. The monoisotopic (exact) mass is 268 g/mol. The Hall–Kier alpha value is -0.120. The predicted molar refractivity (Wildman–Crippen MR) is 80.1 cm³/mol. The van der Waals surface area contributed by atoms with Gasteiger partial charge in [-0.3, -0.25) is 0 Å². The first kappa shape index (κ1) is 15.3. The first-order valence-electron chi connectivity index (χ1n) is 8.08. The highest BCUT2D eigenvalue weighted by Crippen LogP contribution is 2.33. The lowest BCUT2D eigenvalue weighted by molar-refractivity contribution is 0.0354. The molecule has 1 aliphatic heterocycles. The van der Waals surface area contributed by atoms with Crippen molar-refractivity contribution in [1.82, 2.24) is 4.90 Å². The van der Waals surface area contributed by atoms with E-state index in [1.807, 2.05) is 0 Å². The van der Waals surface area contributed by atoms with Gasteiger partial charge in [0.25, 0.3) is 0 Å². The van der Waals surface area contributed by atoms with E-state index in [1.165, 1.54) is 32.2 Å². The van der Waals surface area contributed by atoms with Crippen LogP contribution in [-0.4, -0.2) is 44.3 Å². The van der Waals surface area contributed by atoms with E-state index in [-0.39, 0.29) is 0 Å². The van der Waals surface area contributed by atoms with Crippen LogP contribution in [-0.2, 0) is 4.74 Å². The molecular weight excluding hydrogens is 236 g/mol. The van der Waals surface area contributed by atoms with Gasteiger partial charge in [0.2, 0.25) is 0 Å². The quantitative estimate of drug-likeness (QED) is 0.850. The van der Waals surface area contributed by atoms with Crippen molar-refractivity contribution in [3.8, 4) is 0 Å². The summed E-state index contributed by atoms with van der Waals surface area (Å²) in [5, 5.41) is 0. The van der Waals surface area contributed by atoms with Gasteiger partial charge in [0.05, 0.1) is 6.61 Å². The van der Waals surface area contributed by atoms with Crippen molar-refractivity contribution in [3.63, 3.8) is 0 Å². The number of ether oxygens (including phenoxy) is 1. The third-order valence-corrected chi connectivity index (χ3v) is 5.08. The molecule has 3 heteroatoms. The van der Waals surface area contributed by atoms with Crippen LogP contribution >= 0.6 is 0 Å². The summed E-state index contributed by atoms with van der Waals surface area (Å²) in [7, 11) is 2.26. The largest absolute Gasteiger partial charge is 0.381 e. The molecule has 0 aromatic heterocycles. The van der Waals surface area contributed by atoms with Crippen molar-refractivity contribution in [2.45, 2.75) is 45.6 Å². The average molecular weight is 268 g/mol. The van der Waals surface area contributed by atoms with Crippen LogP contribution in [0.3, 0.4) is 0 Å². The van der Waals surface area contributed by atoms with Crippen LogP contribution in [0.2, 0.25) is 0 Å². The minimum atomic E-state index is 0.392. The van der Waals surface area contributed by atoms with Crippen LogP contribution in [0.1, 0.15) is 39.5 Å². The summed E-state index contributed by atoms with van der Waals surface area (Å²) in [6.45, 7) is 8.97. The number of nitrogens with two attached hydrogens (primary N) is 1. The molecule has 5 atom stereocenters. The summed E-state index contributed by atoms with van der Waals surface area (Å²) in [5.74, 6) is 2.97. The van der Waals surface area contributed by atoms with E-state index < -0.39 is 0 Å². The molecule has 3 nitrogen and oxygen atoms in total. The molecule has 112 valence electrons. The second-order valence-corrected chi connectivity index (χ2v) is 7.19. The Morgan fingerprint density at radius 2 is 2.00 bits per heavy atom. The standard InChI is InChI=1S/C16H32N2O/c1-12-7-13(2)15(16(17)8-12)10-18(3)9-14-5-4-6-19-11-14/h12-16H,4-11,17H2,1-3H3. The maximum atomic E-state index is 6.39. The normalized spacial score (nSPS) is 40.6. The summed E-state index contributed by atoms with van der Waals surface area (Å²) in [6.07, 6.45) is 5.11. The van der Waals surface area contributed by atoms with Gasteiger partial charge in [-0.25, -0.2) is 0 Å². The van der Waals surface area contributed by atoms with E-state index >= 15 is 0 Å². The molecule has 2 N–H and O–H groups in total. The zero-order valence-corrected chi connectivity index (χ0v) is 13.0. The van der Waals surface area contributed by atoms with Gasteiger partial charge in [0, 0.05) is 25.7 Å². The third-order valence-electron chi connectivity index (χ3n) is 5.08. The molecule has 0 amide bonds. The minimum Gasteiger partial charge on any atom is -0.381 e. The van der Waals surface area contributed by atoms with Gasteiger partial charge in [0.15, 0.2) is 0 Å². The van der Waals surface area contributed by atoms with Gasteiger partial charge in [-0.2, -0.15) is 0 Å². The Labute approximate surface area is 118 Å². The lowest BCUT2D eigenvalue weighted by atomic mass is 9.72. The van der Waals surface area contributed by atoms with Gasteiger partial charge in [0.1, 0.15) is 0 Å². The van der Waals surface area contributed by atoms with E-state index in [2.05, 4.69) is 25.8 Å². The van der Waals surface area contributed by atoms with Gasteiger partial charge < -0.3 is 15.4 Å². The molecule has 2 rings (SSSR count). The van der Waals surface area contributed by atoms with Crippen molar-refractivity contribution in [2.24, 2.45) is 29.4 Å². The highest BCUT2D eigenvalue weighted by atomic mass is 16.5. The molecule has 0 spiro atoms. The average Bonchev–Trinajstić information content (AvgIpc) is 2.35. The Morgan fingerprint density at radius 1 is 1.21 bits per heavy atom. The van der Waals surface area contributed by atoms with Crippen molar-refractivity contribution in [3.05, 3.63) is 0 Å². The molecule has 19 heavy (non-hydrogen) atoms. The molecule has 2 fully saturated rings. The summed E-state index contributed by atoms with van der Waals surface area (Å²) in [5.41, 5.74) is 6.39. The Balaban J connectivity index is 1.78. The van der Waals surface area contributed by atoms with Crippen LogP contribution in [0.15, 0.2) is 0 Å². The van der Waals surface area contributed by atoms with E-state index in [0.717, 1.165) is 37.5 Å². The van der Waals surface area contributed by atoms with Crippen molar-refractivity contribution in [2.75, 3.05) is 33.4 Å². The Morgan fingerprint density at radius 3 is 2.63 bits per heavy atom. The fourth-order valence-corrected chi connectivity index (χ4v) is 4.11. The zero-order chi connectivity index (χ0) is 13.8. The smallest absolute Gasteiger partial charge is 0.0506 e. The number of nitrogens with zero attached hydrogens (tertiary/aromatic N) is 1. The SMILES string of the molecule is CC1CC(C)C(CN(C)CC2CCCOC2)C(N)C1. The van der Waals surface area contributed by atoms with Crippen molar-refractivity contribution in [1.29, 1.82) is 0 Å². The van der Waals surface area contributed by atoms with Gasteiger partial charge in [-0.15, -0.1) is 0 Å². The Kier molecular flexibility index (Phi) is 5.67. The number of hydrogen-bond acceptors (Lipinski definition) is 3. The van der Waals surface area contributed by atoms with Gasteiger partial charge in [-0.1, -0.05) is 13.8 Å². The molecule has 2 aliphatic rings. The molecule has 1 saturated carbocycles. The summed E-state index contributed by atoms with van der Waals surface area (Å²) >= 11 is 0. The molecule has 1 aliphatic carbocycles. The molecule has 0 aromatic carbocycles. The van der Waals surface area contributed by atoms with E-state index in [9.17, 15) is 0 Å². The second-order valence-electron chi connectivity index (χ2n) is 7.19. The molecule has 1 heterocycles. The highest BCUT2D eigenvalue weighted by molar-refractivity contribution is 4.87. The van der Waals surface area contributed by atoms with E-state index in [1.54, 1.807) is 0 Å². The summed E-state index contributed by atoms with van der Waals surface area (Å²) < 4.78 is 5.58. The molecule has 0 aromatic rings. The Bertz CT molecular complexity index is 253. The molecule has 1 saturated heterocycles. The molecule has 0 radical (unpaired) electrons. The van der Waals surface area contributed by atoms with Crippen LogP contribution in [0.25, 0.3) is 0 Å². The summed E-state index contributed by atoms with van der Waals surface area (Å²) in [6, 6.07) is 0.392. The lowest BCUT2D eigenvalue weighted by Gasteiger charge is -2.40. The van der Waals surface area contributed by atoms with Crippen molar-refractivity contribution < 1.29 is 4.74 Å². The first-order chi connectivity index (χ1) is 9.06. The zero-order valence-electron chi connectivity index (χ0n) is 13.0. The molecule has 5 unspecified atom stereocenters. The van der Waals surface area contributed by atoms with E-state index in [4.69, 9.17) is 10.5 Å². The summed E-state index contributed by atoms with van der Waals surface area (Å²) in [4.78, 5) is 2.50. The highest BCUT2D eigenvalue weighted by Gasteiger charge is 2.32. The number of hydrogen-bond donors (Lipinski definition) is 1. The van der Waals surface area contributed by atoms with Gasteiger partial charge in [-0.05, 0) is 56.4 Å². The van der Waals surface area contributed by atoms with Crippen LogP contribution < -0.4 is 5.73 Å². The van der Waals surface area contributed by atoms with Gasteiger partial charge >= 0.3 is 0 Å². The fourth-order valence-electron chi connectivity index (χ4n) is 4.11. The first-order valence-corrected chi connectivity index (χ1v) is 8.08. The maximum absolute atomic E-state index is 6.39. The van der Waals surface area contributed by atoms with Crippen LogP contribution in [0.4, 0.5) is 0 Å². The lowest BCUT2D eigenvalue weighted by Crippen LogP contribution is -2.46. The maximum Gasteiger partial charge on any atom is 0.0506 e. The van der Waals surface area contributed by atoms with Crippen LogP contribution in [0.5, 0.6) is 0 Å². The second kappa shape index (κ2) is 7.05. The third kappa shape index (κ3) is 4.44. The number of rotatable bonds is 4. The van der Waals surface area contributed by atoms with E-state index in [0.29, 0.717) is 12.0 Å². The minimum absolute atomic E-state index is 0.392. The molecule has 0 bridgehead atoms. The topological polar surface area (TPSA) is 38.5 Å². The predicted octanol–water partition coefficient (Wildman–Crippen LogP) is 2.35. The fraction of sp³-hybridized carbons (Fsp3) is 1.00. The van der Waals surface area contributed by atoms with Crippen molar-refractivity contribution >= 4 is 0 Å².